The van der Waals surface area contributed by atoms with Gasteiger partial charge in [0.2, 0.25) is 0 Å². The van der Waals surface area contributed by atoms with E-state index in [-0.39, 0.29) is 24.3 Å². The second-order valence-corrected chi connectivity index (χ2v) is 5.56. The van der Waals surface area contributed by atoms with Crippen LogP contribution in [0.3, 0.4) is 0 Å². The summed E-state index contributed by atoms with van der Waals surface area (Å²) in [6.45, 7) is 7.64. The van der Waals surface area contributed by atoms with Crippen molar-refractivity contribution in [2.75, 3.05) is 26.2 Å². The van der Waals surface area contributed by atoms with Gasteiger partial charge in [0.1, 0.15) is 0 Å². The summed E-state index contributed by atoms with van der Waals surface area (Å²) in [6, 6.07) is 0.228. The molecule has 0 aromatic carbocycles. The van der Waals surface area contributed by atoms with Gasteiger partial charge in [0, 0.05) is 32.2 Å². The Bertz CT molecular complexity index is 315. The SMILES string of the molecule is CC1CN(CCNC(=O)NC2CC=CC2)CC(C)O1. The molecule has 5 nitrogen and oxygen atoms in total. The first-order chi connectivity index (χ1) is 9.13. The number of rotatable bonds is 4. The Labute approximate surface area is 115 Å². The lowest BCUT2D eigenvalue weighted by molar-refractivity contribution is -0.0672. The van der Waals surface area contributed by atoms with Gasteiger partial charge < -0.3 is 15.4 Å². The number of urea groups is 1. The van der Waals surface area contributed by atoms with Crippen molar-refractivity contribution >= 4 is 6.03 Å². The molecule has 1 fully saturated rings. The van der Waals surface area contributed by atoms with E-state index < -0.39 is 0 Å². The van der Waals surface area contributed by atoms with Crippen LogP contribution in [0.5, 0.6) is 0 Å². The number of morpholine rings is 1. The molecule has 1 aliphatic heterocycles. The van der Waals surface area contributed by atoms with Crippen molar-refractivity contribution in [3.8, 4) is 0 Å². The molecule has 5 heteroatoms. The minimum Gasteiger partial charge on any atom is -0.373 e. The largest absolute Gasteiger partial charge is 0.373 e. The summed E-state index contributed by atoms with van der Waals surface area (Å²) in [5.41, 5.74) is 0. The van der Waals surface area contributed by atoms with Gasteiger partial charge in [0.25, 0.3) is 0 Å². The second-order valence-electron chi connectivity index (χ2n) is 5.56. The molecular formula is C14H25N3O2. The Kier molecular flexibility index (Phi) is 5.22. The van der Waals surface area contributed by atoms with E-state index in [4.69, 9.17) is 4.74 Å². The molecule has 2 rings (SSSR count). The number of hydrogen-bond acceptors (Lipinski definition) is 3. The molecule has 2 unspecified atom stereocenters. The smallest absolute Gasteiger partial charge is 0.315 e. The van der Waals surface area contributed by atoms with E-state index in [1.807, 2.05) is 0 Å². The van der Waals surface area contributed by atoms with E-state index in [0.29, 0.717) is 6.54 Å². The van der Waals surface area contributed by atoms with E-state index in [0.717, 1.165) is 32.5 Å². The van der Waals surface area contributed by atoms with Gasteiger partial charge in [-0.1, -0.05) is 12.2 Å². The van der Waals surface area contributed by atoms with Gasteiger partial charge in [-0.25, -0.2) is 4.79 Å². The lowest BCUT2D eigenvalue weighted by atomic mass is 10.2. The average molecular weight is 267 g/mol. The lowest BCUT2D eigenvalue weighted by Gasteiger charge is -2.35. The summed E-state index contributed by atoms with van der Waals surface area (Å²) < 4.78 is 5.68. The molecule has 1 saturated heterocycles. The Morgan fingerprint density at radius 2 is 1.89 bits per heavy atom. The van der Waals surface area contributed by atoms with Crippen LogP contribution in [0.1, 0.15) is 26.7 Å². The molecule has 2 atom stereocenters. The van der Waals surface area contributed by atoms with Gasteiger partial charge >= 0.3 is 6.03 Å². The summed E-state index contributed by atoms with van der Waals surface area (Å²) in [5, 5.41) is 5.90. The minimum absolute atomic E-state index is 0.0527. The standard InChI is InChI=1S/C14H25N3O2/c1-11-9-17(10-12(2)19-11)8-7-15-14(18)16-13-5-3-4-6-13/h3-4,11-13H,5-10H2,1-2H3,(H2,15,16,18). The maximum absolute atomic E-state index is 11.7. The monoisotopic (exact) mass is 267 g/mol. The molecule has 19 heavy (non-hydrogen) atoms. The molecule has 1 aliphatic carbocycles. The van der Waals surface area contributed by atoms with Crippen LogP contribution in [-0.2, 0) is 4.74 Å². The fourth-order valence-corrected chi connectivity index (χ4v) is 2.77. The van der Waals surface area contributed by atoms with Crippen LogP contribution in [0, 0.1) is 0 Å². The summed E-state index contributed by atoms with van der Waals surface area (Å²) in [7, 11) is 0. The van der Waals surface area contributed by atoms with E-state index in [9.17, 15) is 4.79 Å². The number of carbonyl (C=O) groups excluding carboxylic acids is 1. The van der Waals surface area contributed by atoms with Gasteiger partial charge in [-0.15, -0.1) is 0 Å². The Morgan fingerprint density at radius 3 is 2.53 bits per heavy atom. The van der Waals surface area contributed by atoms with Crippen LogP contribution in [-0.4, -0.2) is 55.4 Å². The maximum atomic E-state index is 11.7. The topological polar surface area (TPSA) is 53.6 Å². The minimum atomic E-state index is -0.0527. The van der Waals surface area contributed by atoms with Crippen LogP contribution in [0.15, 0.2) is 12.2 Å². The predicted octanol–water partition coefficient (Wildman–Crippen LogP) is 1.11. The fraction of sp³-hybridized carbons (Fsp3) is 0.786. The summed E-state index contributed by atoms with van der Waals surface area (Å²) in [5.74, 6) is 0. The van der Waals surface area contributed by atoms with Gasteiger partial charge in [-0.05, 0) is 26.7 Å². The molecule has 2 aliphatic rings. The first kappa shape index (κ1) is 14.3. The molecule has 0 saturated carbocycles. The molecule has 2 amide bonds. The van der Waals surface area contributed by atoms with Crippen LogP contribution in [0.25, 0.3) is 0 Å². The quantitative estimate of drug-likeness (QED) is 0.750. The predicted molar refractivity (Wildman–Crippen MR) is 75.1 cm³/mol. The number of amides is 2. The number of carbonyl (C=O) groups is 1. The van der Waals surface area contributed by atoms with E-state index in [1.54, 1.807) is 0 Å². The molecule has 0 radical (unpaired) electrons. The number of ether oxygens (including phenoxy) is 1. The summed E-state index contributed by atoms with van der Waals surface area (Å²) >= 11 is 0. The van der Waals surface area contributed by atoms with Crippen molar-refractivity contribution in [1.29, 1.82) is 0 Å². The summed E-state index contributed by atoms with van der Waals surface area (Å²) in [6.07, 6.45) is 6.69. The highest BCUT2D eigenvalue weighted by molar-refractivity contribution is 5.74. The van der Waals surface area contributed by atoms with Gasteiger partial charge in [-0.2, -0.15) is 0 Å². The van der Waals surface area contributed by atoms with Crippen LogP contribution < -0.4 is 10.6 Å². The third-order valence-corrected chi connectivity index (χ3v) is 3.55. The van der Waals surface area contributed by atoms with Crippen molar-refractivity contribution in [3.63, 3.8) is 0 Å². The highest BCUT2D eigenvalue weighted by Crippen LogP contribution is 2.10. The summed E-state index contributed by atoms with van der Waals surface area (Å²) in [4.78, 5) is 14.0. The van der Waals surface area contributed by atoms with Crippen molar-refractivity contribution in [2.45, 2.75) is 44.9 Å². The molecular weight excluding hydrogens is 242 g/mol. The van der Waals surface area contributed by atoms with Gasteiger partial charge in [0.15, 0.2) is 0 Å². The molecule has 108 valence electrons. The van der Waals surface area contributed by atoms with E-state index in [1.165, 1.54) is 0 Å². The molecule has 0 bridgehead atoms. The van der Waals surface area contributed by atoms with Crippen molar-refractivity contribution in [2.24, 2.45) is 0 Å². The number of hydrogen-bond donors (Lipinski definition) is 2. The van der Waals surface area contributed by atoms with Gasteiger partial charge in [0.05, 0.1) is 12.2 Å². The van der Waals surface area contributed by atoms with E-state index >= 15 is 0 Å². The van der Waals surface area contributed by atoms with Crippen LogP contribution >= 0.6 is 0 Å². The Hall–Kier alpha value is -1.07. The highest BCUT2D eigenvalue weighted by atomic mass is 16.5. The molecule has 0 aromatic rings. The average Bonchev–Trinajstić information content (AvgIpc) is 2.80. The zero-order valence-electron chi connectivity index (χ0n) is 11.9. The first-order valence-corrected chi connectivity index (χ1v) is 7.20. The van der Waals surface area contributed by atoms with Crippen molar-refractivity contribution < 1.29 is 9.53 Å². The Balaban J connectivity index is 1.59. The second kappa shape index (κ2) is 6.91. The molecule has 0 aromatic heterocycles. The highest BCUT2D eigenvalue weighted by Gasteiger charge is 2.21. The Morgan fingerprint density at radius 1 is 1.26 bits per heavy atom. The molecule has 2 N–H and O–H groups in total. The van der Waals surface area contributed by atoms with Crippen LogP contribution in [0.4, 0.5) is 4.79 Å². The van der Waals surface area contributed by atoms with Crippen molar-refractivity contribution in [3.05, 3.63) is 12.2 Å². The number of nitrogens with zero attached hydrogens (tertiary/aromatic N) is 1. The first-order valence-electron chi connectivity index (χ1n) is 7.20. The van der Waals surface area contributed by atoms with Crippen molar-refractivity contribution in [1.82, 2.24) is 15.5 Å². The fourth-order valence-electron chi connectivity index (χ4n) is 2.77. The maximum Gasteiger partial charge on any atom is 0.315 e. The lowest BCUT2D eigenvalue weighted by Crippen LogP contribution is -2.49. The zero-order chi connectivity index (χ0) is 13.7. The normalized spacial score (nSPS) is 28.5. The third kappa shape index (κ3) is 4.84. The number of nitrogens with one attached hydrogen (secondary N) is 2. The van der Waals surface area contributed by atoms with E-state index in [2.05, 4.69) is 41.5 Å². The molecule has 1 heterocycles. The molecule has 0 spiro atoms. The third-order valence-electron chi connectivity index (χ3n) is 3.55. The van der Waals surface area contributed by atoms with Crippen LogP contribution in [0.2, 0.25) is 0 Å². The zero-order valence-corrected chi connectivity index (χ0v) is 11.9. The van der Waals surface area contributed by atoms with Gasteiger partial charge in [-0.3, -0.25) is 4.90 Å².